The van der Waals surface area contributed by atoms with E-state index >= 15 is 0 Å². The van der Waals surface area contributed by atoms with E-state index in [9.17, 15) is 4.79 Å². The zero-order chi connectivity index (χ0) is 21.6. The number of benzene rings is 1. The van der Waals surface area contributed by atoms with Gasteiger partial charge in [-0.2, -0.15) is 0 Å². The van der Waals surface area contributed by atoms with E-state index in [2.05, 4.69) is 26.6 Å². The predicted molar refractivity (Wildman–Crippen MR) is 118 cm³/mol. The Bertz CT molecular complexity index is 1010. The Kier molecular flexibility index (Phi) is 6.81. The molecule has 1 amide bonds. The van der Waals surface area contributed by atoms with Crippen molar-refractivity contribution in [1.29, 1.82) is 0 Å². The van der Waals surface area contributed by atoms with Gasteiger partial charge in [0.05, 0.1) is 0 Å². The summed E-state index contributed by atoms with van der Waals surface area (Å²) in [6.45, 7) is 3.34. The number of nitrogens with zero attached hydrogens (tertiary/aromatic N) is 6. The van der Waals surface area contributed by atoms with Gasteiger partial charge in [-0.15, -0.1) is 5.10 Å². The number of carbonyl (C=O) groups excluding carboxylic acids is 1. The summed E-state index contributed by atoms with van der Waals surface area (Å²) < 4.78 is 7.25. The molecule has 8 nitrogen and oxygen atoms in total. The third kappa shape index (κ3) is 5.81. The van der Waals surface area contributed by atoms with Crippen LogP contribution in [0, 0.1) is 6.92 Å². The number of hydrogen-bond donors (Lipinski definition) is 0. The molecule has 0 unspecified atom stereocenters. The molecule has 1 fully saturated rings. The SMILES string of the molecule is Cc1cccc(CCc2ccc(OC(=O)N3CCC(Sc4nnnn4C)CC3)cc2)n1. The molecule has 1 aliphatic rings. The summed E-state index contributed by atoms with van der Waals surface area (Å²) in [5.74, 6) is 0.573. The fourth-order valence-electron chi connectivity index (χ4n) is 3.53. The minimum atomic E-state index is -0.291. The number of hydrogen-bond acceptors (Lipinski definition) is 7. The Labute approximate surface area is 186 Å². The van der Waals surface area contributed by atoms with Gasteiger partial charge < -0.3 is 9.64 Å². The van der Waals surface area contributed by atoms with E-state index in [0.29, 0.717) is 24.1 Å². The number of tetrazole rings is 1. The molecule has 162 valence electrons. The minimum absolute atomic E-state index is 0.291. The molecular formula is C22H26N6O2S. The zero-order valence-electron chi connectivity index (χ0n) is 17.8. The predicted octanol–water partition coefficient (Wildman–Crippen LogP) is 3.45. The highest BCUT2D eigenvalue weighted by molar-refractivity contribution is 7.99. The maximum absolute atomic E-state index is 12.5. The standard InChI is InChI=1S/C22H26N6O2S/c1-16-4-3-5-18(23-16)9-6-17-7-10-19(11-8-17)30-22(29)28-14-12-20(13-15-28)31-21-24-25-26-27(21)2/h3-5,7-8,10-11,20H,6,9,12-15H2,1-2H3. The van der Waals surface area contributed by atoms with Crippen molar-refractivity contribution >= 4 is 17.9 Å². The Hall–Kier alpha value is -2.94. The number of rotatable bonds is 6. The molecule has 1 aromatic carbocycles. The molecular weight excluding hydrogens is 412 g/mol. The molecule has 0 saturated carbocycles. The average Bonchev–Trinajstić information content (AvgIpc) is 3.18. The van der Waals surface area contributed by atoms with Crippen LogP contribution < -0.4 is 4.74 Å². The fourth-order valence-corrected chi connectivity index (χ4v) is 4.54. The molecule has 0 atom stereocenters. The molecule has 4 rings (SSSR count). The van der Waals surface area contributed by atoms with Gasteiger partial charge in [0.1, 0.15) is 5.75 Å². The molecule has 1 aliphatic heterocycles. The number of pyridine rings is 1. The lowest BCUT2D eigenvalue weighted by molar-refractivity contribution is 0.143. The summed E-state index contributed by atoms with van der Waals surface area (Å²) in [6, 6.07) is 13.8. The van der Waals surface area contributed by atoms with E-state index < -0.39 is 0 Å². The molecule has 0 spiro atoms. The first kappa shape index (κ1) is 21.3. The molecule has 0 radical (unpaired) electrons. The van der Waals surface area contributed by atoms with Gasteiger partial charge in [-0.1, -0.05) is 30.0 Å². The monoisotopic (exact) mass is 438 g/mol. The number of thioether (sulfide) groups is 1. The number of aromatic nitrogens is 5. The summed E-state index contributed by atoms with van der Waals surface area (Å²) in [7, 11) is 1.83. The molecule has 1 saturated heterocycles. The second-order valence-corrected chi connectivity index (χ2v) is 8.94. The summed E-state index contributed by atoms with van der Waals surface area (Å²) in [6.07, 6.45) is 3.27. The summed E-state index contributed by atoms with van der Waals surface area (Å²) >= 11 is 1.66. The first-order valence-corrected chi connectivity index (χ1v) is 11.3. The minimum Gasteiger partial charge on any atom is -0.410 e. The molecule has 3 aromatic rings. The number of aryl methyl sites for hydroxylation is 4. The normalized spacial score (nSPS) is 14.6. The van der Waals surface area contributed by atoms with Gasteiger partial charge in [0.25, 0.3) is 0 Å². The summed E-state index contributed by atoms with van der Waals surface area (Å²) in [5.41, 5.74) is 3.32. The van der Waals surface area contributed by atoms with Gasteiger partial charge >= 0.3 is 6.09 Å². The number of piperidine rings is 1. The maximum atomic E-state index is 12.5. The van der Waals surface area contributed by atoms with E-state index in [1.54, 1.807) is 21.3 Å². The number of likely N-dealkylation sites (tertiary alicyclic amines) is 1. The van der Waals surface area contributed by atoms with Gasteiger partial charge in [-0.05, 0) is 72.9 Å². The Morgan fingerprint density at radius 3 is 2.58 bits per heavy atom. The van der Waals surface area contributed by atoms with Crippen LogP contribution in [0.4, 0.5) is 4.79 Å². The van der Waals surface area contributed by atoms with Crippen molar-refractivity contribution in [3.05, 3.63) is 59.4 Å². The van der Waals surface area contributed by atoms with Crippen LogP contribution in [0.25, 0.3) is 0 Å². The zero-order valence-corrected chi connectivity index (χ0v) is 18.6. The van der Waals surface area contributed by atoms with Crippen LogP contribution in [-0.4, -0.2) is 54.5 Å². The van der Waals surface area contributed by atoms with Crippen LogP contribution in [0.5, 0.6) is 5.75 Å². The lowest BCUT2D eigenvalue weighted by Gasteiger charge is -2.30. The van der Waals surface area contributed by atoms with Crippen LogP contribution in [0.1, 0.15) is 29.8 Å². The summed E-state index contributed by atoms with van der Waals surface area (Å²) in [5, 5.41) is 12.7. The van der Waals surface area contributed by atoms with Crippen LogP contribution >= 0.6 is 11.8 Å². The van der Waals surface area contributed by atoms with Gasteiger partial charge in [0.2, 0.25) is 5.16 Å². The van der Waals surface area contributed by atoms with Crippen molar-refractivity contribution in [3.63, 3.8) is 0 Å². The Balaban J connectivity index is 1.23. The van der Waals surface area contributed by atoms with E-state index in [-0.39, 0.29) is 6.09 Å². The van der Waals surface area contributed by atoms with Crippen molar-refractivity contribution in [2.75, 3.05) is 13.1 Å². The van der Waals surface area contributed by atoms with Gasteiger partial charge in [-0.3, -0.25) is 4.98 Å². The largest absolute Gasteiger partial charge is 0.415 e. The van der Waals surface area contributed by atoms with Gasteiger partial charge in [0, 0.05) is 36.8 Å². The van der Waals surface area contributed by atoms with Crippen LogP contribution in [-0.2, 0) is 19.9 Å². The van der Waals surface area contributed by atoms with E-state index in [0.717, 1.165) is 42.2 Å². The van der Waals surface area contributed by atoms with Gasteiger partial charge in [-0.25, -0.2) is 9.48 Å². The molecule has 9 heteroatoms. The Morgan fingerprint density at radius 2 is 1.90 bits per heavy atom. The van der Waals surface area contributed by atoms with E-state index in [4.69, 9.17) is 4.74 Å². The second kappa shape index (κ2) is 9.91. The van der Waals surface area contributed by atoms with E-state index in [1.165, 1.54) is 5.56 Å². The maximum Gasteiger partial charge on any atom is 0.415 e. The number of carbonyl (C=O) groups is 1. The Morgan fingerprint density at radius 1 is 1.13 bits per heavy atom. The van der Waals surface area contributed by atoms with Crippen LogP contribution in [0.2, 0.25) is 0 Å². The van der Waals surface area contributed by atoms with Crippen molar-refractivity contribution in [2.24, 2.45) is 7.05 Å². The summed E-state index contributed by atoms with van der Waals surface area (Å²) in [4.78, 5) is 18.8. The first-order chi connectivity index (χ1) is 15.1. The fraction of sp³-hybridized carbons (Fsp3) is 0.409. The number of amides is 1. The van der Waals surface area contributed by atoms with Gasteiger partial charge in [0.15, 0.2) is 0 Å². The third-order valence-corrected chi connectivity index (χ3v) is 6.66. The van der Waals surface area contributed by atoms with Crippen LogP contribution in [0.15, 0.2) is 47.6 Å². The van der Waals surface area contributed by atoms with Crippen molar-refractivity contribution in [1.82, 2.24) is 30.1 Å². The molecule has 0 bridgehead atoms. The highest BCUT2D eigenvalue weighted by Gasteiger charge is 2.26. The number of ether oxygens (including phenoxy) is 1. The quantitative estimate of drug-likeness (QED) is 0.583. The highest BCUT2D eigenvalue weighted by Crippen LogP contribution is 2.28. The molecule has 0 N–H and O–H groups in total. The lowest BCUT2D eigenvalue weighted by atomic mass is 10.1. The second-order valence-electron chi connectivity index (χ2n) is 7.67. The molecule has 3 heterocycles. The average molecular weight is 439 g/mol. The smallest absolute Gasteiger partial charge is 0.410 e. The molecule has 31 heavy (non-hydrogen) atoms. The molecule has 2 aromatic heterocycles. The van der Waals surface area contributed by atoms with E-state index in [1.807, 2.05) is 50.4 Å². The first-order valence-electron chi connectivity index (χ1n) is 10.4. The van der Waals surface area contributed by atoms with Crippen molar-refractivity contribution in [2.45, 2.75) is 43.0 Å². The van der Waals surface area contributed by atoms with Crippen LogP contribution in [0.3, 0.4) is 0 Å². The molecule has 0 aliphatic carbocycles. The lowest BCUT2D eigenvalue weighted by Crippen LogP contribution is -2.41. The topological polar surface area (TPSA) is 86.0 Å². The van der Waals surface area contributed by atoms with Crippen molar-refractivity contribution in [3.8, 4) is 5.75 Å². The van der Waals surface area contributed by atoms with Crippen molar-refractivity contribution < 1.29 is 9.53 Å². The third-order valence-electron chi connectivity index (χ3n) is 5.30. The highest BCUT2D eigenvalue weighted by atomic mass is 32.2.